The van der Waals surface area contributed by atoms with E-state index in [4.69, 9.17) is 0 Å². The standard InChI is InChI=1S/C12H19N3O3/c16-9-10-3-1-5-14(10)6-2-7-15-8-4-11(17)13-12(15)18/h4,8,10,16H,1-3,5-7,9H2,(H,13,17,18)/t10-/m0/s1. The average molecular weight is 253 g/mol. The second kappa shape index (κ2) is 5.97. The van der Waals surface area contributed by atoms with E-state index in [0.29, 0.717) is 6.54 Å². The zero-order valence-electron chi connectivity index (χ0n) is 10.3. The van der Waals surface area contributed by atoms with Crippen molar-refractivity contribution in [1.82, 2.24) is 14.5 Å². The molecule has 0 bridgehead atoms. The van der Waals surface area contributed by atoms with Crippen molar-refractivity contribution < 1.29 is 5.11 Å². The van der Waals surface area contributed by atoms with Crippen LogP contribution in [0.3, 0.4) is 0 Å². The molecule has 0 radical (unpaired) electrons. The normalized spacial score (nSPS) is 20.4. The monoisotopic (exact) mass is 253 g/mol. The Bertz CT molecular complexity index is 494. The third-order valence-electron chi connectivity index (χ3n) is 3.45. The van der Waals surface area contributed by atoms with E-state index in [2.05, 4.69) is 9.88 Å². The highest BCUT2D eigenvalue weighted by Gasteiger charge is 2.22. The first-order valence-corrected chi connectivity index (χ1v) is 6.35. The Morgan fingerprint density at radius 3 is 2.94 bits per heavy atom. The molecule has 6 heteroatoms. The van der Waals surface area contributed by atoms with E-state index in [9.17, 15) is 14.7 Å². The molecule has 1 aromatic heterocycles. The van der Waals surface area contributed by atoms with E-state index in [-0.39, 0.29) is 23.9 Å². The molecule has 1 aromatic rings. The number of aliphatic hydroxyl groups is 1. The van der Waals surface area contributed by atoms with Gasteiger partial charge in [0.25, 0.3) is 5.56 Å². The smallest absolute Gasteiger partial charge is 0.328 e. The minimum atomic E-state index is -0.365. The van der Waals surface area contributed by atoms with Gasteiger partial charge in [-0.3, -0.25) is 14.7 Å². The maximum absolute atomic E-state index is 11.4. The summed E-state index contributed by atoms with van der Waals surface area (Å²) in [7, 11) is 0. The number of aliphatic hydroxyl groups excluding tert-OH is 1. The number of H-pyrrole nitrogens is 1. The lowest BCUT2D eigenvalue weighted by Crippen LogP contribution is -2.34. The third kappa shape index (κ3) is 3.08. The van der Waals surface area contributed by atoms with Crippen molar-refractivity contribution in [2.45, 2.75) is 31.8 Å². The highest BCUT2D eigenvalue weighted by Crippen LogP contribution is 2.16. The maximum atomic E-state index is 11.4. The lowest BCUT2D eigenvalue weighted by Gasteiger charge is -2.22. The second-order valence-corrected chi connectivity index (χ2v) is 4.67. The van der Waals surface area contributed by atoms with E-state index in [1.54, 1.807) is 0 Å². The Balaban J connectivity index is 1.85. The zero-order chi connectivity index (χ0) is 13.0. The average Bonchev–Trinajstić information content (AvgIpc) is 2.79. The molecule has 0 unspecified atom stereocenters. The molecule has 1 aliphatic rings. The van der Waals surface area contributed by atoms with Gasteiger partial charge in [0, 0.05) is 31.4 Å². The highest BCUT2D eigenvalue weighted by atomic mass is 16.3. The number of aryl methyl sites for hydroxylation is 1. The first kappa shape index (κ1) is 13.0. The molecule has 0 spiro atoms. The van der Waals surface area contributed by atoms with Crippen LogP contribution in [0.5, 0.6) is 0 Å². The van der Waals surface area contributed by atoms with Crippen LogP contribution in [0.25, 0.3) is 0 Å². The molecule has 2 heterocycles. The molecule has 2 N–H and O–H groups in total. The van der Waals surface area contributed by atoms with Crippen LogP contribution in [0.2, 0.25) is 0 Å². The van der Waals surface area contributed by atoms with Gasteiger partial charge >= 0.3 is 5.69 Å². The summed E-state index contributed by atoms with van der Waals surface area (Å²) in [6.45, 7) is 2.69. The number of aromatic nitrogens is 2. The first-order chi connectivity index (χ1) is 8.70. The minimum absolute atomic E-state index is 0.207. The molecular formula is C12H19N3O3. The fourth-order valence-electron chi connectivity index (χ4n) is 2.46. The number of aromatic amines is 1. The summed E-state index contributed by atoms with van der Waals surface area (Å²) in [5, 5.41) is 9.19. The lowest BCUT2D eigenvalue weighted by atomic mass is 10.2. The van der Waals surface area contributed by atoms with Gasteiger partial charge < -0.3 is 9.67 Å². The molecule has 0 amide bonds. The van der Waals surface area contributed by atoms with Crippen LogP contribution in [-0.2, 0) is 6.54 Å². The van der Waals surface area contributed by atoms with Crippen molar-refractivity contribution in [2.75, 3.05) is 19.7 Å². The van der Waals surface area contributed by atoms with Gasteiger partial charge in [0.1, 0.15) is 0 Å². The third-order valence-corrected chi connectivity index (χ3v) is 3.45. The predicted molar refractivity (Wildman–Crippen MR) is 67.6 cm³/mol. The number of likely N-dealkylation sites (tertiary alicyclic amines) is 1. The van der Waals surface area contributed by atoms with E-state index >= 15 is 0 Å². The number of rotatable bonds is 5. The van der Waals surface area contributed by atoms with Gasteiger partial charge in [-0.05, 0) is 25.8 Å². The SMILES string of the molecule is O=c1ccn(CCCN2CCC[C@H]2CO)c(=O)[nH]1. The van der Waals surface area contributed by atoms with Gasteiger partial charge in [0.15, 0.2) is 0 Å². The van der Waals surface area contributed by atoms with Crippen molar-refractivity contribution in [1.29, 1.82) is 0 Å². The zero-order valence-corrected chi connectivity index (χ0v) is 10.3. The Kier molecular flexibility index (Phi) is 4.33. The summed E-state index contributed by atoms with van der Waals surface area (Å²) in [4.78, 5) is 26.8. The number of hydrogen-bond acceptors (Lipinski definition) is 4. The molecular weight excluding hydrogens is 234 g/mol. The van der Waals surface area contributed by atoms with Gasteiger partial charge in [-0.15, -0.1) is 0 Å². The molecule has 2 rings (SSSR count). The highest BCUT2D eigenvalue weighted by molar-refractivity contribution is 4.83. The molecule has 1 saturated heterocycles. The fourth-order valence-corrected chi connectivity index (χ4v) is 2.46. The van der Waals surface area contributed by atoms with Crippen molar-refractivity contribution in [3.63, 3.8) is 0 Å². The van der Waals surface area contributed by atoms with Crippen molar-refractivity contribution >= 4 is 0 Å². The predicted octanol–water partition coefficient (Wildman–Crippen LogP) is -0.617. The molecule has 0 saturated carbocycles. The number of nitrogens with one attached hydrogen (secondary N) is 1. The number of nitrogens with zero attached hydrogens (tertiary/aromatic N) is 2. The van der Waals surface area contributed by atoms with Gasteiger partial charge in [0.05, 0.1) is 6.61 Å². The van der Waals surface area contributed by atoms with Crippen molar-refractivity contribution in [3.8, 4) is 0 Å². The summed E-state index contributed by atoms with van der Waals surface area (Å²) in [5.41, 5.74) is -0.723. The van der Waals surface area contributed by atoms with Crippen molar-refractivity contribution in [2.24, 2.45) is 0 Å². The molecule has 1 aliphatic heterocycles. The maximum Gasteiger partial charge on any atom is 0.328 e. The summed E-state index contributed by atoms with van der Waals surface area (Å²) in [5.74, 6) is 0. The molecule has 0 aliphatic carbocycles. The van der Waals surface area contributed by atoms with Crippen LogP contribution >= 0.6 is 0 Å². The van der Waals surface area contributed by atoms with Crippen LogP contribution < -0.4 is 11.2 Å². The van der Waals surface area contributed by atoms with E-state index in [0.717, 1.165) is 32.4 Å². The van der Waals surface area contributed by atoms with E-state index < -0.39 is 0 Å². The summed E-state index contributed by atoms with van der Waals surface area (Å²) in [6.07, 6.45) is 4.54. The summed E-state index contributed by atoms with van der Waals surface area (Å²) in [6, 6.07) is 1.63. The topological polar surface area (TPSA) is 78.3 Å². The van der Waals surface area contributed by atoms with Gasteiger partial charge in [-0.1, -0.05) is 0 Å². The Hall–Kier alpha value is -1.40. The first-order valence-electron chi connectivity index (χ1n) is 6.35. The van der Waals surface area contributed by atoms with Crippen LogP contribution in [0.1, 0.15) is 19.3 Å². The number of hydrogen-bond donors (Lipinski definition) is 2. The van der Waals surface area contributed by atoms with Crippen LogP contribution in [0.4, 0.5) is 0 Å². The minimum Gasteiger partial charge on any atom is -0.395 e. The van der Waals surface area contributed by atoms with E-state index in [1.165, 1.54) is 16.8 Å². The fraction of sp³-hybridized carbons (Fsp3) is 0.667. The Morgan fingerprint density at radius 2 is 2.22 bits per heavy atom. The van der Waals surface area contributed by atoms with Crippen LogP contribution in [0.15, 0.2) is 21.9 Å². The largest absolute Gasteiger partial charge is 0.395 e. The Labute approximate surface area is 105 Å². The molecule has 100 valence electrons. The van der Waals surface area contributed by atoms with E-state index in [1.807, 2.05) is 0 Å². The van der Waals surface area contributed by atoms with Gasteiger partial charge in [-0.25, -0.2) is 4.79 Å². The van der Waals surface area contributed by atoms with Crippen LogP contribution in [0, 0.1) is 0 Å². The quantitative estimate of drug-likeness (QED) is 0.733. The Morgan fingerprint density at radius 1 is 1.39 bits per heavy atom. The van der Waals surface area contributed by atoms with Crippen molar-refractivity contribution in [3.05, 3.63) is 33.1 Å². The molecule has 6 nitrogen and oxygen atoms in total. The lowest BCUT2D eigenvalue weighted by molar-refractivity contribution is 0.156. The molecule has 1 atom stereocenters. The second-order valence-electron chi connectivity index (χ2n) is 4.67. The van der Waals surface area contributed by atoms with Gasteiger partial charge in [0.2, 0.25) is 0 Å². The van der Waals surface area contributed by atoms with Crippen LogP contribution in [-0.4, -0.2) is 45.3 Å². The summed E-state index contributed by atoms with van der Waals surface area (Å²) >= 11 is 0. The van der Waals surface area contributed by atoms with Gasteiger partial charge in [-0.2, -0.15) is 0 Å². The molecule has 18 heavy (non-hydrogen) atoms. The summed E-state index contributed by atoms with van der Waals surface area (Å²) < 4.78 is 1.51. The molecule has 1 fully saturated rings. The molecule has 0 aromatic carbocycles.